The first-order valence-electron chi connectivity index (χ1n) is 9.95. The van der Waals surface area contributed by atoms with Gasteiger partial charge in [-0.3, -0.25) is 4.98 Å². The Morgan fingerprint density at radius 1 is 1.03 bits per heavy atom. The maximum Gasteiger partial charge on any atom is 0.341 e. The lowest BCUT2D eigenvalue weighted by Crippen LogP contribution is -2.21. The number of rotatable bonds is 8. The number of aliphatic hydroxyl groups is 2. The Morgan fingerprint density at radius 3 is 2.21 bits per heavy atom. The molecule has 0 bridgehead atoms. The molecule has 0 aliphatic carbocycles. The number of methoxy groups -OCH3 is 1. The standard InChI is InChI=1S/C19H14FNO5.C4H11NO2/c1-26-19(25)15-8-14(18(23)24)13-7-11(9-21-16(13)17(15)22)6-10-2-4-12(20)5-3-10;6-3-1-5-2-4-7/h2-5,7-9,22H,6H2,1H3,(H,23,24);5-7H,1-4H2. The SMILES string of the molecule is COC(=O)c1cc(C(=O)O)c2cc(Cc3ccc(F)cc3)cnc2c1O.OCCNCCO. The third-order valence-corrected chi connectivity index (χ3v) is 4.54. The molecule has 2 aromatic carbocycles. The number of nitrogens with zero attached hydrogens (tertiary/aromatic N) is 1. The second-order valence-electron chi connectivity index (χ2n) is 6.86. The van der Waals surface area contributed by atoms with Gasteiger partial charge in [-0.15, -0.1) is 0 Å². The predicted molar refractivity (Wildman–Crippen MR) is 118 cm³/mol. The number of phenols is 1. The van der Waals surface area contributed by atoms with Crippen LogP contribution in [0.4, 0.5) is 4.39 Å². The van der Waals surface area contributed by atoms with Gasteiger partial charge in [-0.2, -0.15) is 0 Å². The lowest BCUT2D eigenvalue weighted by molar-refractivity contribution is 0.0597. The van der Waals surface area contributed by atoms with Crippen molar-refractivity contribution < 1.29 is 39.1 Å². The number of carboxylic acid groups (broad SMARTS) is 1. The smallest absolute Gasteiger partial charge is 0.341 e. The number of ether oxygens (including phenoxy) is 1. The quantitative estimate of drug-likeness (QED) is 0.250. The summed E-state index contributed by atoms with van der Waals surface area (Å²) in [6.07, 6.45) is 1.87. The van der Waals surface area contributed by atoms with Crippen molar-refractivity contribution >= 4 is 22.8 Å². The van der Waals surface area contributed by atoms with Gasteiger partial charge in [0, 0.05) is 24.7 Å². The van der Waals surface area contributed by atoms with Crippen molar-refractivity contribution in [2.24, 2.45) is 0 Å². The van der Waals surface area contributed by atoms with Crippen LogP contribution in [0.5, 0.6) is 5.75 Å². The van der Waals surface area contributed by atoms with Crippen molar-refractivity contribution in [2.45, 2.75) is 6.42 Å². The Labute approximate surface area is 189 Å². The van der Waals surface area contributed by atoms with Crippen LogP contribution in [0.3, 0.4) is 0 Å². The molecule has 1 heterocycles. The van der Waals surface area contributed by atoms with E-state index in [1.165, 1.54) is 18.3 Å². The van der Waals surface area contributed by atoms with Crippen molar-refractivity contribution in [1.29, 1.82) is 0 Å². The number of aromatic carboxylic acids is 1. The molecule has 0 atom stereocenters. The zero-order chi connectivity index (χ0) is 24.4. The molecule has 5 N–H and O–H groups in total. The van der Waals surface area contributed by atoms with E-state index in [1.807, 2.05) is 0 Å². The van der Waals surface area contributed by atoms with Crippen molar-refractivity contribution in [1.82, 2.24) is 10.3 Å². The number of aromatic nitrogens is 1. The number of benzene rings is 2. The molecule has 0 radical (unpaired) electrons. The second-order valence-corrected chi connectivity index (χ2v) is 6.86. The molecule has 0 amide bonds. The van der Waals surface area contributed by atoms with E-state index in [0.29, 0.717) is 25.1 Å². The molecule has 10 heteroatoms. The summed E-state index contributed by atoms with van der Waals surface area (Å²) in [5.41, 5.74) is 1.05. The normalized spacial score (nSPS) is 10.4. The van der Waals surface area contributed by atoms with Crippen LogP contribution in [0.2, 0.25) is 0 Å². The average Bonchev–Trinajstić information content (AvgIpc) is 2.81. The number of carboxylic acids is 1. The summed E-state index contributed by atoms with van der Waals surface area (Å²) in [5, 5.41) is 39.0. The molecule has 176 valence electrons. The molecule has 1 aromatic heterocycles. The fraction of sp³-hybridized carbons (Fsp3) is 0.261. The first-order valence-corrected chi connectivity index (χ1v) is 9.95. The Balaban J connectivity index is 0.000000479. The molecule has 0 spiro atoms. The number of hydrogen-bond donors (Lipinski definition) is 5. The van der Waals surface area contributed by atoms with E-state index >= 15 is 0 Å². The number of carbonyl (C=O) groups is 2. The summed E-state index contributed by atoms with van der Waals surface area (Å²) in [6, 6.07) is 8.55. The molecule has 0 aliphatic rings. The summed E-state index contributed by atoms with van der Waals surface area (Å²) < 4.78 is 17.6. The molecule has 0 saturated heterocycles. The van der Waals surface area contributed by atoms with Crippen LogP contribution in [-0.2, 0) is 11.2 Å². The number of aliphatic hydroxyl groups excluding tert-OH is 2. The minimum Gasteiger partial charge on any atom is -0.505 e. The highest BCUT2D eigenvalue weighted by atomic mass is 19.1. The summed E-state index contributed by atoms with van der Waals surface area (Å²) in [5.74, 6) is -2.91. The Hall–Kier alpha value is -3.60. The molecule has 33 heavy (non-hydrogen) atoms. The number of halogens is 1. The highest BCUT2D eigenvalue weighted by Gasteiger charge is 2.21. The Morgan fingerprint density at radius 2 is 1.67 bits per heavy atom. The maximum atomic E-state index is 13.0. The van der Waals surface area contributed by atoms with Crippen LogP contribution in [0.15, 0.2) is 42.6 Å². The first-order chi connectivity index (χ1) is 15.8. The van der Waals surface area contributed by atoms with Gasteiger partial charge in [-0.05, 0) is 41.8 Å². The number of nitrogens with one attached hydrogen (secondary N) is 1. The predicted octanol–water partition coefficient (Wildman–Crippen LogP) is 1.72. The van der Waals surface area contributed by atoms with Crippen molar-refractivity contribution in [3.05, 3.63) is 70.7 Å². The minimum atomic E-state index is -1.26. The van der Waals surface area contributed by atoms with Gasteiger partial charge in [0.15, 0.2) is 5.75 Å². The van der Waals surface area contributed by atoms with Crippen molar-refractivity contribution in [3.8, 4) is 5.75 Å². The lowest BCUT2D eigenvalue weighted by Gasteiger charge is -2.10. The zero-order valence-corrected chi connectivity index (χ0v) is 17.9. The number of phenolic OH excluding ortho intramolecular Hbond substituents is 1. The number of carbonyl (C=O) groups excluding carboxylic acids is 1. The maximum absolute atomic E-state index is 13.0. The topological polar surface area (TPSA) is 149 Å². The number of aromatic hydroxyl groups is 1. The van der Waals surface area contributed by atoms with E-state index in [1.54, 1.807) is 18.2 Å². The van der Waals surface area contributed by atoms with Gasteiger partial charge in [0.05, 0.1) is 25.9 Å². The average molecular weight is 460 g/mol. The zero-order valence-electron chi connectivity index (χ0n) is 17.9. The number of pyridine rings is 1. The second kappa shape index (κ2) is 12.4. The third-order valence-electron chi connectivity index (χ3n) is 4.54. The first kappa shape index (κ1) is 25.7. The minimum absolute atomic E-state index is 0.00634. The van der Waals surface area contributed by atoms with Gasteiger partial charge in [0.1, 0.15) is 16.9 Å². The highest BCUT2D eigenvalue weighted by molar-refractivity contribution is 6.09. The molecule has 9 nitrogen and oxygen atoms in total. The van der Waals surface area contributed by atoms with E-state index < -0.39 is 17.7 Å². The van der Waals surface area contributed by atoms with Crippen LogP contribution in [0.1, 0.15) is 31.8 Å². The monoisotopic (exact) mass is 460 g/mol. The highest BCUT2D eigenvalue weighted by Crippen LogP contribution is 2.32. The van der Waals surface area contributed by atoms with Crippen LogP contribution in [-0.4, -0.2) is 70.8 Å². The summed E-state index contributed by atoms with van der Waals surface area (Å²) >= 11 is 0. The largest absolute Gasteiger partial charge is 0.505 e. The van der Waals surface area contributed by atoms with E-state index in [9.17, 15) is 24.2 Å². The Bertz CT molecular complexity index is 1100. The van der Waals surface area contributed by atoms with Crippen LogP contribution in [0, 0.1) is 5.82 Å². The van der Waals surface area contributed by atoms with Crippen molar-refractivity contribution in [3.63, 3.8) is 0 Å². The molecule has 0 aliphatic heterocycles. The van der Waals surface area contributed by atoms with Crippen LogP contribution < -0.4 is 5.32 Å². The van der Waals surface area contributed by atoms with E-state index in [0.717, 1.165) is 18.7 Å². The third kappa shape index (κ3) is 6.94. The lowest BCUT2D eigenvalue weighted by atomic mass is 9.99. The fourth-order valence-electron chi connectivity index (χ4n) is 2.98. The van der Waals surface area contributed by atoms with E-state index in [4.69, 9.17) is 10.2 Å². The Kier molecular flexibility index (Phi) is 9.67. The van der Waals surface area contributed by atoms with E-state index in [-0.39, 0.29) is 41.1 Å². The van der Waals surface area contributed by atoms with Gasteiger partial charge in [0.25, 0.3) is 0 Å². The van der Waals surface area contributed by atoms with Gasteiger partial charge < -0.3 is 30.5 Å². The molecular formula is C23H25FN2O7. The number of hydrogen-bond acceptors (Lipinski definition) is 8. The van der Waals surface area contributed by atoms with Crippen LogP contribution in [0.25, 0.3) is 10.9 Å². The van der Waals surface area contributed by atoms with E-state index in [2.05, 4.69) is 15.0 Å². The summed E-state index contributed by atoms with van der Waals surface area (Å²) in [7, 11) is 1.13. The molecule has 3 rings (SSSR count). The van der Waals surface area contributed by atoms with Gasteiger partial charge in [-0.1, -0.05) is 12.1 Å². The molecule has 0 saturated carbocycles. The fourth-order valence-corrected chi connectivity index (χ4v) is 2.98. The van der Waals surface area contributed by atoms with Crippen LogP contribution >= 0.6 is 0 Å². The van der Waals surface area contributed by atoms with Gasteiger partial charge >= 0.3 is 11.9 Å². The number of esters is 1. The summed E-state index contributed by atoms with van der Waals surface area (Å²) in [4.78, 5) is 27.5. The molecule has 3 aromatic rings. The molecule has 0 fully saturated rings. The summed E-state index contributed by atoms with van der Waals surface area (Å²) in [6.45, 7) is 1.42. The van der Waals surface area contributed by atoms with Gasteiger partial charge in [-0.25, -0.2) is 14.0 Å². The molecule has 0 unspecified atom stereocenters. The molecular weight excluding hydrogens is 435 g/mol. The van der Waals surface area contributed by atoms with Crippen molar-refractivity contribution in [2.75, 3.05) is 33.4 Å². The number of fused-ring (bicyclic) bond motifs is 1. The van der Waals surface area contributed by atoms with Gasteiger partial charge in [0.2, 0.25) is 0 Å².